The maximum absolute atomic E-state index is 2.78. The van der Waals surface area contributed by atoms with Gasteiger partial charge in [-0.25, -0.2) is 0 Å². The van der Waals surface area contributed by atoms with Crippen LogP contribution in [0.2, 0.25) is 0 Å². The number of rotatable bonds is 38. The Morgan fingerprint density at radius 2 is 0.190 bits per heavy atom. The second-order valence-electron chi connectivity index (χ2n) is 35.4. The van der Waals surface area contributed by atoms with E-state index in [1.54, 1.807) is 0 Å². The summed E-state index contributed by atoms with van der Waals surface area (Å²) in [5.41, 5.74) is 0. The molecule has 318 valence electrons. The lowest BCUT2D eigenvalue weighted by Crippen LogP contribution is -2.99. The van der Waals surface area contributed by atoms with Crippen molar-refractivity contribution in [2.75, 3.05) is 0 Å². The van der Waals surface area contributed by atoms with Gasteiger partial charge in [-0.15, -0.1) is 0 Å². The zero-order valence-electron chi connectivity index (χ0n) is 62.6. The normalized spacial score (nSPS) is 9.77. The van der Waals surface area contributed by atoms with E-state index in [0.717, 1.165) is 0 Å². The van der Waals surface area contributed by atoms with E-state index in [1.165, 1.54) is 7.06 Å². The zero-order chi connectivity index (χ0) is 62.6. The van der Waals surface area contributed by atoms with Gasteiger partial charge in [-0.1, -0.05) is 0 Å². The molecule has 0 aromatic heterocycles. The van der Waals surface area contributed by atoms with E-state index < -0.39 is 0 Å². The number of hydrogen-bond acceptors (Lipinski definition) is 0. The fraction of sp³-hybridized carbons (Fsp3) is 0. The maximum Gasteiger partial charge on any atom is 0.0594 e. The van der Waals surface area contributed by atoms with Gasteiger partial charge in [-0.3, -0.25) is 0 Å². The summed E-state index contributed by atoms with van der Waals surface area (Å²) in [6.45, 7) is 0. The molecule has 0 spiro atoms. The third-order valence-electron chi connectivity index (χ3n) is 23.5. The van der Waals surface area contributed by atoms with Gasteiger partial charge in [0.15, 0.2) is 0 Å². The molecule has 0 saturated carbocycles. The average Bonchev–Trinajstić information content (AvgIpc) is 3.23. The summed E-state index contributed by atoms with van der Waals surface area (Å²) in [5, 5.41) is 0. The van der Waals surface area contributed by atoms with Crippen LogP contribution in [0.5, 0.6) is 0 Å². The first-order valence-electron chi connectivity index (χ1n) is 36.0. The average molecular weight is 936 g/mol. The minimum atomic E-state index is 0.529. The first kappa shape index (κ1) is 84.1. The molecule has 0 radical (unpaired) electrons. The van der Waals surface area contributed by atoms with Crippen molar-refractivity contribution < 1.29 is 0 Å². The van der Waals surface area contributed by atoms with Crippen LogP contribution in [0.4, 0.5) is 0 Å². The van der Waals surface area contributed by atoms with Crippen LogP contribution >= 0.6 is 0 Å². The molecular formula is H81B79. The van der Waals surface area contributed by atoms with Gasteiger partial charge in [-0.2, -0.15) is 0 Å². The molecule has 0 nitrogen and oxygen atoms in total. The predicted octanol–water partition coefficient (Wildman–Crippen LogP) is -51.8. The third kappa shape index (κ3) is 22.7. The lowest BCUT2D eigenvalue weighted by Gasteiger charge is -2.61. The molecule has 0 rings (SSSR count). The molecule has 0 aliphatic heterocycles. The van der Waals surface area contributed by atoms with Gasteiger partial charge in [0.05, 0.1) is 309 Å². The standard InChI is InChI=1S/B79H81/c1-41-61(40)71(60(38)39)76(70(58(34)35)59(36)37)79(77(72(62(42(2)3)43(4)5)63(44(6)7)45(8)9)73(64(46(10)11)47(12)13)65(48(14)15)49(16)17)78(74(66(50(18)19)51(20)21)67(52(22)23)53(24)25)75(68(54(26)27)55(28)29)69(56(30)31)57(32)33/h41H,1-40H2. The van der Waals surface area contributed by atoms with Crippen molar-refractivity contribution >= 4 is 559 Å². The van der Waals surface area contributed by atoms with E-state index in [4.69, 9.17) is 0 Å². The van der Waals surface area contributed by atoms with Gasteiger partial charge in [0.1, 0.15) is 0 Å². The molecule has 0 bridgehead atoms. The van der Waals surface area contributed by atoms with E-state index in [1.807, 2.05) is 0 Å². The van der Waals surface area contributed by atoms with Crippen molar-refractivity contribution in [2.45, 2.75) is 0 Å². The summed E-state index contributed by atoms with van der Waals surface area (Å²) in [6, 6.07) is 0. The Labute approximate surface area is 553 Å². The van der Waals surface area contributed by atoms with Gasteiger partial charge in [0, 0.05) is 250 Å². The van der Waals surface area contributed by atoms with Crippen LogP contribution in [-0.2, 0) is 0 Å². The summed E-state index contributed by atoms with van der Waals surface area (Å²) in [4.78, 5) is 0. The Hall–Kier alpha value is 5.13. The van der Waals surface area contributed by atoms with Crippen LogP contribution in [0, 0.1) is 0 Å². The summed E-state index contributed by atoms with van der Waals surface area (Å²) >= 11 is 0. The molecule has 0 aromatic rings. The second-order valence-corrected chi connectivity index (χ2v) is 35.4. The summed E-state index contributed by atoms with van der Waals surface area (Å²) in [5.74, 6) is 0. The van der Waals surface area contributed by atoms with Crippen molar-refractivity contribution in [3.05, 3.63) is 0 Å². The molecule has 0 unspecified atom stereocenters. The molecular weight excluding hydrogens is 854 g/mol. The Balaban J connectivity index is 12.6. The van der Waals surface area contributed by atoms with Gasteiger partial charge in [-0.05, 0) is 0 Å². The molecule has 79 heavy (non-hydrogen) atoms. The SMILES string of the molecule is BBB(B)B(B(B)B)B(B(B(B)B)B(B)B)B(B(B(B(B(B)B)B(B)B)B(B(B)B)B(B)B)B(B(B(B)B)B(B)B)B(B(B)B)B(B)B)B(B(B(B(B)B)B(B)B)B(B(B)B)B(B)B)B(B(B(B)B)B(B)B)B(B(B)B)B(B)B. The van der Waals surface area contributed by atoms with Crippen molar-refractivity contribution in [3.8, 4) is 0 Å². The lowest BCUT2D eigenvalue weighted by atomic mass is 8.20. The summed E-state index contributed by atoms with van der Waals surface area (Å²) < 4.78 is 0. The minimum absolute atomic E-state index is 0.529. The maximum atomic E-state index is 2.78. The Morgan fingerprint density at radius 1 is 0.114 bits per heavy atom. The molecule has 0 saturated heterocycles. The Kier molecular flexibility index (Phi) is 41.4. The smallest absolute Gasteiger partial charge is 0.00000350 e. The van der Waals surface area contributed by atoms with Crippen LogP contribution in [0.3, 0.4) is 0 Å². The fourth-order valence-corrected chi connectivity index (χ4v) is 22.8. The molecule has 0 N–H and O–H groups in total. The highest BCUT2D eigenvalue weighted by Crippen LogP contribution is 2.28. The van der Waals surface area contributed by atoms with E-state index in [-0.39, 0.29) is 0 Å². The molecule has 0 fully saturated rings. The van der Waals surface area contributed by atoms with Crippen molar-refractivity contribution in [1.82, 2.24) is 0 Å². The fourth-order valence-electron chi connectivity index (χ4n) is 22.8. The van der Waals surface area contributed by atoms with Crippen LogP contribution < -0.4 is 0 Å². The molecule has 0 amide bonds. The molecule has 0 aliphatic rings. The molecule has 79 heteroatoms. The van der Waals surface area contributed by atoms with Gasteiger partial charge < -0.3 is 0 Å². The topological polar surface area (TPSA) is 0 Å². The molecule has 0 aliphatic carbocycles. The quantitative estimate of drug-likeness (QED) is 0.0541. The summed E-state index contributed by atoms with van der Waals surface area (Å²) in [6.07, 6.45) is 22.3. The van der Waals surface area contributed by atoms with Crippen LogP contribution in [0.1, 0.15) is 0 Å². The highest BCUT2D eigenvalue weighted by Gasteiger charge is 2.66. The first-order valence-corrected chi connectivity index (χ1v) is 36.0. The zero-order valence-corrected chi connectivity index (χ0v) is 62.6. The van der Waals surface area contributed by atoms with Gasteiger partial charge >= 0.3 is 0 Å². The van der Waals surface area contributed by atoms with E-state index in [9.17, 15) is 0 Å². The highest BCUT2D eigenvalue weighted by atomic mass is 13.5. The third-order valence-corrected chi connectivity index (χ3v) is 23.5. The first-order chi connectivity index (χ1) is 36.0. The lowest BCUT2D eigenvalue weighted by molar-refractivity contribution is 3.14. The largest absolute Gasteiger partial charge is 0.0594 e. The molecule has 0 heterocycles. The van der Waals surface area contributed by atoms with Crippen LogP contribution in [0.15, 0.2) is 0 Å². The second kappa shape index (κ2) is 38.9. The van der Waals surface area contributed by atoms with Crippen molar-refractivity contribution in [1.29, 1.82) is 0 Å². The van der Waals surface area contributed by atoms with E-state index >= 15 is 0 Å². The predicted molar refractivity (Wildman–Crippen MR) is 568 cm³/mol. The summed E-state index contributed by atoms with van der Waals surface area (Å²) in [7, 11) is 110. The van der Waals surface area contributed by atoms with Gasteiger partial charge in [0.2, 0.25) is 0 Å². The van der Waals surface area contributed by atoms with Gasteiger partial charge in [0.25, 0.3) is 0 Å². The molecule has 0 aromatic carbocycles. The Morgan fingerprint density at radius 3 is 0.266 bits per heavy atom. The highest BCUT2D eigenvalue weighted by molar-refractivity contribution is 8.41. The Bertz CT molecular complexity index is 1200. The van der Waals surface area contributed by atoms with Crippen LogP contribution in [0.25, 0.3) is 0 Å². The van der Waals surface area contributed by atoms with E-state index in [0.29, 0.717) is 243 Å². The number of hydrogen-bond donors (Lipinski definition) is 0. The van der Waals surface area contributed by atoms with Crippen molar-refractivity contribution in [2.24, 2.45) is 0 Å². The van der Waals surface area contributed by atoms with E-state index in [2.05, 4.69) is 309 Å². The minimum Gasteiger partial charge on any atom is 0.00000350 e. The van der Waals surface area contributed by atoms with Crippen molar-refractivity contribution in [3.63, 3.8) is 0 Å². The van der Waals surface area contributed by atoms with Crippen LogP contribution in [-0.4, -0.2) is 559 Å². The molecule has 0 atom stereocenters. The monoisotopic (exact) mass is 951 g/mol.